The smallest absolute Gasteiger partial charge is 0.158 e. The van der Waals surface area contributed by atoms with Gasteiger partial charge in [-0.05, 0) is 42.2 Å². The largest absolute Gasteiger partial charge is 0.295 e. The molecule has 1 aliphatic carbocycles. The minimum absolute atomic E-state index is 0.0457. The summed E-state index contributed by atoms with van der Waals surface area (Å²) in [5.74, 6) is -0.117. The van der Waals surface area contributed by atoms with Crippen LogP contribution in [0.3, 0.4) is 0 Å². The number of allylic oxidation sites excluding steroid dienone is 1. The van der Waals surface area contributed by atoms with Crippen molar-refractivity contribution in [3.8, 4) is 0 Å². The molecule has 0 aromatic heterocycles. The lowest BCUT2D eigenvalue weighted by Gasteiger charge is -2.17. The summed E-state index contributed by atoms with van der Waals surface area (Å²) in [5.41, 5.74) is 1.59. The van der Waals surface area contributed by atoms with E-state index in [1.807, 2.05) is 0 Å². The summed E-state index contributed by atoms with van der Waals surface area (Å²) in [4.78, 5) is 11.6. The van der Waals surface area contributed by atoms with Crippen LogP contribution in [0.1, 0.15) is 24.8 Å². The Kier molecular flexibility index (Phi) is 3.39. The van der Waals surface area contributed by atoms with Crippen LogP contribution in [0.5, 0.6) is 0 Å². The summed E-state index contributed by atoms with van der Waals surface area (Å²) in [7, 11) is 0. The van der Waals surface area contributed by atoms with Crippen LogP contribution >= 0.6 is 11.6 Å². The molecule has 3 heteroatoms. The molecule has 84 valence electrons. The second kappa shape index (κ2) is 4.79. The van der Waals surface area contributed by atoms with Gasteiger partial charge in [0.2, 0.25) is 0 Å². The quantitative estimate of drug-likeness (QED) is 0.540. The first-order chi connectivity index (χ1) is 7.65. The number of halogens is 2. The van der Waals surface area contributed by atoms with E-state index in [1.165, 1.54) is 12.1 Å². The number of carbonyl (C=O) groups is 1. The summed E-state index contributed by atoms with van der Waals surface area (Å²) in [6, 6.07) is 6.09. The van der Waals surface area contributed by atoms with E-state index in [2.05, 4.69) is 0 Å². The molecule has 0 N–H and O–H groups in total. The zero-order valence-electron chi connectivity index (χ0n) is 8.75. The highest BCUT2D eigenvalue weighted by Gasteiger charge is 2.21. The summed E-state index contributed by atoms with van der Waals surface area (Å²) >= 11 is 6.02. The first-order valence-electron chi connectivity index (χ1n) is 5.28. The Morgan fingerprint density at radius 1 is 1.31 bits per heavy atom. The van der Waals surface area contributed by atoms with Crippen molar-refractivity contribution in [3.63, 3.8) is 0 Å². The zero-order chi connectivity index (χ0) is 11.5. The van der Waals surface area contributed by atoms with Gasteiger partial charge in [0.1, 0.15) is 5.82 Å². The standard InChI is InChI=1S/C13H12ClFO/c14-11-3-6-13(16)10(8-11)7-9-1-4-12(15)5-2-9/h1-2,4-5,7,11H,3,6,8H2. The summed E-state index contributed by atoms with van der Waals surface area (Å²) < 4.78 is 12.7. The van der Waals surface area contributed by atoms with Crippen molar-refractivity contribution in [3.05, 3.63) is 41.2 Å². The van der Waals surface area contributed by atoms with Gasteiger partial charge in [-0.2, -0.15) is 0 Å². The van der Waals surface area contributed by atoms with Crippen LogP contribution in [0.4, 0.5) is 4.39 Å². The van der Waals surface area contributed by atoms with Gasteiger partial charge in [0.15, 0.2) is 5.78 Å². The van der Waals surface area contributed by atoms with Crippen molar-refractivity contribution in [1.29, 1.82) is 0 Å². The third-order valence-electron chi connectivity index (χ3n) is 2.70. The number of ketones is 1. The lowest BCUT2D eigenvalue weighted by atomic mass is 9.92. The van der Waals surface area contributed by atoms with Gasteiger partial charge in [0.05, 0.1) is 0 Å². The Labute approximate surface area is 98.9 Å². The fourth-order valence-electron chi connectivity index (χ4n) is 1.80. The number of Topliss-reactive ketones (excluding diaryl/α,β-unsaturated/α-hetero) is 1. The Bertz CT molecular complexity index is 422. The maximum absolute atomic E-state index is 12.7. The van der Waals surface area contributed by atoms with Gasteiger partial charge in [0, 0.05) is 11.8 Å². The molecule has 1 aromatic carbocycles. The third-order valence-corrected chi connectivity index (χ3v) is 3.07. The molecule has 1 nitrogen and oxygen atoms in total. The van der Waals surface area contributed by atoms with Gasteiger partial charge >= 0.3 is 0 Å². The van der Waals surface area contributed by atoms with Crippen molar-refractivity contribution in [2.45, 2.75) is 24.6 Å². The molecule has 16 heavy (non-hydrogen) atoms. The van der Waals surface area contributed by atoms with Crippen molar-refractivity contribution in [2.75, 3.05) is 0 Å². The number of benzene rings is 1. The second-order valence-electron chi connectivity index (χ2n) is 3.98. The molecule has 0 radical (unpaired) electrons. The molecule has 1 atom stereocenters. The molecule has 0 saturated heterocycles. The van der Waals surface area contributed by atoms with E-state index in [4.69, 9.17) is 11.6 Å². The highest BCUT2D eigenvalue weighted by atomic mass is 35.5. The predicted molar refractivity (Wildman–Crippen MR) is 62.9 cm³/mol. The lowest BCUT2D eigenvalue weighted by molar-refractivity contribution is -0.116. The number of rotatable bonds is 1. The van der Waals surface area contributed by atoms with Gasteiger partial charge in [-0.1, -0.05) is 12.1 Å². The van der Waals surface area contributed by atoms with E-state index in [1.54, 1.807) is 18.2 Å². The Morgan fingerprint density at radius 3 is 2.69 bits per heavy atom. The van der Waals surface area contributed by atoms with Crippen molar-refractivity contribution in [1.82, 2.24) is 0 Å². The normalized spacial score (nSPS) is 23.8. The number of carbonyl (C=O) groups excluding carboxylic acids is 1. The van der Waals surface area contributed by atoms with Gasteiger partial charge in [0.25, 0.3) is 0 Å². The Balaban J connectivity index is 2.22. The minimum atomic E-state index is -0.271. The fourth-order valence-corrected chi connectivity index (χ4v) is 2.08. The molecule has 0 heterocycles. The number of alkyl halides is 1. The summed E-state index contributed by atoms with van der Waals surface area (Å²) in [6.45, 7) is 0. The minimum Gasteiger partial charge on any atom is -0.295 e. The van der Waals surface area contributed by atoms with E-state index in [9.17, 15) is 9.18 Å². The fraction of sp³-hybridized carbons (Fsp3) is 0.308. The molecule has 0 spiro atoms. The van der Waals surface area contributed by atoms with Crippen LogP contribution in [0.25, 0.3) is 6.08 Å². The van der Waals surface area contributed by atoms with Gasteiger partial charge in [-0.15, -0.1) is 11.6 Å². The molecule has 0 amide bonds. The van der Waals surface area contributed by atoms with E-state index >= 15 is 0 Å². The molecule has 1 fully saturated rings. The third kappa shape index (κ3) is 2.70. The molecule has 1 aromatic rings. The van der Waals surface area contributed by atoms with Gasteiger partial charge < -0.3 is 0 Å². The van der Waals surface area contributed by atoms with E-state index < -0.39 is 0 Å². The molecule has 1 saturated carbocycles. The van der Waals surface area contributed by atoms with Gasteiger partial charge in [-0.3, -0.25) is 4.79 Å². The molecular weight excluding hydrogens is 227 g/mol. The number of hydrogen-bond donors (Lipinski definition) is 0. The first kappa shape index (κ1) is 11.3. The van der Waals surface area contributed by atoms with E-state index in [0.717, 1.165) is 17.6 Å². The maximum Gasteiger partial charge on any atom is 0.158 e. The molecule has 2 rings (SSSR count). The van der Waals surface area contributed by atoms with Crippen LogP contribution in [-0.2, 0) is 4.79 Å². The van der Waals surface area contributed by atoms with Crippen LogP contribution < -0.4 is 0 Å². The summed E-state index contributed by atoms with van der Waals surface area (Å²) in [6.07, 6.45) is 3.68. The molecular formula is C13H12ClFO. The molecule has 0 aliphatic heterocycles. The maximum atomic E-state index is 12.7. The lowest BCUT2D eigenvalue weighted by Crippen LogP contribution is -2.16. The Morgan fingerprint density at radius 2 is 2.00 bits per heavy atom. The predicted octanol–water partition coefficient (Wildman–Crippen LogP) is 3.57. The van der Waals surface area contributed by atoms with Crippen LogP contribution in [0, 0.1) is 5.82 Å². The number of hydrogen-bond acceptors (Lipinski definition) is 1. The van der Waals surface area contributed by atoms with Gasteiger partial charge in [-0.25, -0.2) is 4.39 Å². The average molecular weight is 239 g/mol. The zero-order valence-corrected chi connectivity index (χ0v) is 9.51. The van der Waals surface area contributed by atoms with Crippen LogP contribution in [0.15, 0.2) is 29.8 Å². The Hall–Kier alpha value is -1.15. The topological polar surface area (TPSA) is 17.1 Å². The first-order valence-corrected chi connectivity index (χ1v) is 5.72. The molecule has 1 unspecified atom stereocenters. The van der Waals surface area contributed by atoms with E-state index in [0.29, 0.717) is 12.8 Å². The highest BCUT2D eigenvalue weighted by Crippen LogP contribution is 2.26. The van der Waals surface area contributed by atoms with Crippen molar-refractivity contribution in [2.24, 2.45) is 0 Å². The van der Waals surface area contributed by atoms with Crippen molar-refractivity contribution < 1.29 is 9.18 Å². The van der Waals surface area contributed by atoms with Crippen LogP contribution in [0.2, 0.25) is 0 Å². The second-order valence-corrected chi connectivity index (χ2v) is 4.60. The summed E-state index contributed by atoms with van der Waals surface area (Å²) in [5, 5.41) is 0.0457. The highest BCUT2D eigenvalue weighted by molar-refractivity contribution is 6.22. The van der Waals surface area contributed by atoms with Crippen molar-refractivity contribution >= 4 is 23.5 Å². The molecule has 0 bridgehead atoms. The average Bonchev–Trinajstić information content (AvgIpc) is 2.27. The SMILES string of the molecule is O=C1CCC(Cl)CC1=Cc1ccc(F)cc1. The van der Waals surface area contributed by atoms with Crippen LogP contribution in [-0.4, -0.2) is 11.2 Å². The molecule has 1 aliphatic rings. The monoisotopic (exact) mass is 238 g/mol. The van der Waals surface area contributed by atoms with E-state index in [-0.39, 0.29) is 17.0 Å².